The van der Waals surface area contributed by atoms with Gasteiger partial charge in [-0.1, -0.05) is 43.0 Å². The van der Waals surface area contributed by atoms with Crippen LogP contribution in [0.1, 0.15) is 19.8 Å². The predicted molar refractivity (Wildman–Crippen MR) is 157 cm³/mol. The number of nitrogens with one attached hydrogen (secondary N) is 3. The first-order valence-electron chi connectivity index (χ1n) is 12.6. The molecule has 0 saturated carbocycles. The molecule has 0 amide bonds. The lowest BCUT2D eigenvalue weighted by Crippen LogP contribution is -2.28. The minimum atomic E-state index is -0.331. The second kappa shape index (κ2) is 12.4. The highest BCUT2D eigenvalue weighted by atomic mass is 32.2. The van der Waals surface area contributed by atoms with Crippen molar-refractivity contribution in [2.45, 2.75) is 25.8 Å². The van der Waals surface area contributed by atoms with E-state index in [9.17, 15) is 0 Å². The first-order chi connectivity index (χ1) is 18.6. The molecule has 1 atom stereocenters. The van der Waals surface area contributed by atoms with Crippen LogP contribution in [0.15, 0.2) is 73.6 Å². The Kier molecular flexibility index (Phi) is 8.52. The lowest BCUT2D eigenvalue weighted by Gasteiger charge is -2.15. The van der Waals surface area contributed by atoms with Gasteiger partial charge in [0.15, 0.2) is 5.82 Å². The van der Waals surface area contributed by atoms with E-state index in [4.69, 9.17) is 9.97 Å². The monoisotopic (exact) mass is 547 g/mol. The summed E-state index contributed by atoms with van der Waals surface area (Å²) in [5.41, 5.74) is 3.09. The third-order valence-corrected chi connectivity index (χ3v) is 8.17. The highest BCUT2D eigenvalue weighted by molar-refractivity contribution is 7.98. The fraction of sp³-hybridized carbons (Fsp3) is 0.250. The van der Waals surface area contributed by atoms with Gasteiger partial charge in [-0.3, -0.25) is 0 Å². The average Bonchev–Trinajstić information content (AvgIpc) is 3.63. The van der Waals surface area contributed by atoms with E-state index in [0.717, 1.165) is 28.5 Å². The van der Waals surface area contributed by atoms with Crippen LogP contribution in [-0.2, 0) is 0 Å². The molecule has 1 saturated heterocycles. The number of thiazole rings is 1. The second-order valence-corrected chi connectivity index (χ2v) is 10.9. The third-order valence-electron chi connectivity index (χ3n) is 6.11. The zero-order valence-electron chi connectivity index (χ0n) is 21.2. The molecule has 5 rings (SSSR count). The van der Waals surface area contributed by atoms with Gasteiger partial charge < -0.3 is 15.4 Å². The molecular weight excluding hydrogens is 517 g/mol. The van der Waals surface area contributed by atoms with Crippen LogP contribution in [0, 0.1) is 5.82 Å². The van der Waals surface area contributed by atoms with Gasteiger partial charge in [0.2, 0.25) is 5.95 Å². The number of hydrogen-bond donors (Lipinski definition) is 3. The molecule has 1 fully saturated rings. The molecule has 2 aromatic carbocycles. The first-order valence-corrected chi connectivity index (χ1v) is 14.2. The SMILES string of the molecule is C=CN[C@@H](C)CNc1nccc(-c2sc(-c3ccccc3)nc2-c2cccc(NSN3CCCC3)c2F)n1. The van der Waals surface area contributed by atoms with Crippen molar-refractivity contribution in [2.24, 2.45) is 0 Å². The van der Waals surface area contributed by atoms with Crippen LogP contribution in [0.5, 0.6) is 0 Å². The summed E-state index contributed by atoms with van der Waals surface area (Å²) in [6, 6.07) is 17.3. The summed E-state index contributed by atoms with van der Waals surface area (Å²) < 4.78 is 21.3. The summed E-state index contributed by atoms with van der Waals surface area (Å²) in [6.07, 6.45) is 5.71. The van der Waals surface area contributed by atoms with Gasteiger partial charge in [0.1, 0.15) is 5.01 Å². The van der Waals surface area contributed by atoms with Crippen molar-refractivity contribution in [1.82, 2.24) is 24.6 Å². The van der Waals surface area contributed by atoms with E-state index >= 15 is 4.39 Å². The Hall–Kier alpha value is -3.47. The lowest BCUT2D eigenvalue weighted by molar-refractivity contribution is 0.588. The van der Waals surface area contributed by atoms with Crippen LogP contribution in [0.2, 0.25) is 0 Å². The summed E-state index contributed by atoms with van der Waals surface area (Å²) in [6.45, 7) is 8.37. The van der Waals surface area contributed by atoms with Crippen molar-refractivity contribution in [3.63, 3.8) is 0 Å². The van der Waals surface area contributed by atoms with Crippen LogP contribution in [0.3, 0.4) is 0 Å². The quantitative estimate of drug-likeness (QED) is 0.180. The molecule has 1 aliphatic rings. The van der Waals surface area contributed by atoms with Crippen LogP contribution < -0.4 is 15.4 Å². The molecule has 0 aliphatic carbocycles. The van der Waals surface area contributed by atoms with Crippen LogP contribution in [-0.4, -0.2) is 44.9 Å². The smallest absolute Gasteiger partial charge is 0.223 e. The van der Waals surface area contributed by atoms with Gasteiger partial charge in [0, 0.05) is 55.1 Å². The molecule has 0 unspecified atom stereocenters. The summed E-state index contributed by atoms with van der Waals surface area (Å²) in [5.74, 6) is 0.167. The summed E-state index contributed by atoms with van der Waals surface area (Å²) in [7, 11) is 0. The summed E-state index contributed by atoms with van der Waals surface area (Å²) in [5, 5.41) is 7.20. The van der Waals surface area contributed by atoms with Crippen molar-refractivity contribution >= 4 is 35.1 Å². The van der Waals surface area contributed by atoms with Gasteiger partial charge in [-0.05, 0) is 44.2 Å². The Morgan fingerprint density at radius 1 is 1.11 bits per heavy atom. The van der Waals surface area contributed by atoms with E-state index in [2.05, 4.69) is 31.2 Å². The van der Waals surface area contributed by atoms with Crippen molar-refractivity contribution in [3.8, 4) is 32.4 Å². The maximum atomic E-state index is 15.9. The second-order valence-electron chi connectivity index (χ2n) is 8.98. The molecule has 4 aromatic rings. The number of hydrogen-bond acceptors (Lipinski definition) is 9. The van der Waals surface area contributed by atoms with Crippen molar-refractivity contribution in [3.05, 3.63) is 79.4 Å². The zero-order chi connectivity index (χ0) is 26.3. The van der Waals surface area contributed by atoms with E-state index in [1.54, 1.807) is 24.5 Å². The fourth-order valence-corrected chi connectivity index (χ4v) is 6.02. The molecule has 38 heavy (non-hydrogen) atoms. The van der Waals surface area contributed by atoms with Crippen molar-refractivity contribution < 1.29 is 4.39 Å². The van der Waals surface area contributed by atoms with Gasteiger partial charge in [-0.25, -0.2) is 23.6 Å². The van der Waals surface area contributed by atoms with Gasteiger partial charge in [0.25, 0.3) is 0 Å². The molecule has 3 N–H and O–H groups in total. The van der Waals surface area contributed by atoms with Gasteiger partial charge in [-0.2, -0.15) is 0 Å². The Morgan fingerprint density at radius 3 is 2.71 bits per heavy atom. The molecular formula is C28H30FN7S2. The van der Waals surface area contributed by atoms with E-state index < -0.39 is 0 Å². The molecule has 2 aromatic heterocycles. The standard InChI is InChI=1S/C28H30FN7S2/c1-3-30-19(2)18-32-28-31-15-14-23(33-28)26-25(34-27(37-26)20-10-5-4-6-11-20)21-12-9-13-22(24(21)29)35-38-36-16-7-8-17-36/h3-6,9-15,19,30,35H,1,7-8,16-18H2,2H3,(H,31,32,33)/t19-/m0/s1. The van der Waals surface area contributed by atoms with Crippen LogP contribution in [0.25, 0.3) is 32.4 Å². The van der Waals surface area contributed by atoms with Crippen LogP contribution >= 0.6 is 23.5 Å². The molecule has 1 aliphatic heterocycles. The normalized spacial score (nSPS) is 14.3. The van der Waals surface area contributed by atoms with Gasteiger partial charge in [-0.15, -0.1) is 11.3 Å². The van der Waals surface area contributed by atoms with E-state index in [1.165, 1.54) is 36.3 Å². The molecule has 7 nitrogen and oxygen atoms in total. The fourth-order valence-electron chi connectivity index (χ4n) is 4.14. The topological polar surface area (TPSA) is 78.0 Å². The highest BCUT2D eigenvalue weighted by Gasteiger charge is 2.22. The van der Waals surface area contributed by atoms with Crippen LogP contribution in [0.4, 0.5) is 16.0 Å². The third kappa shape index (κ3) is 6.15. The Morgan fingerprint density at radius 2 is 1.92 bits per heavy atom. The maximum absolute atomic E-state index is 15.9. The zero-order valence-corrected chi connectivity index (χ0v) is 22.8. The summed E-state index contributed by atoms with van der Waals surface area (Å²) >= 11 is 2.95. The Balaban J connectivity index is 1.51. The number of halogens is 1. The van der Waals surface area contributed by atoms with Gasteiger partial charge >= 0.3 is 0 Å². The minimum absolute atomic E-state index is 0.158. The average molecular weight is 548 g/mol. The molecule has 196 valence electrons. The number of aromatic nitrogens is 3. The number of anilines is 2. The molecule has 0 spiro atoms. The van der Waals surface area contributed by atoms with E-state index in [0.29, 0.717) is 35.1 Å². The predicted octanol–water partition coefficient (Wildman–Crippen LogP) is 6.68. The van der Waals surface area contributed by atoms with E-state index in [1.807, 2.05) is 49.4 Å². The number of rotatable bonds is 11. The first kappa shape index (κ1) is 26.1. The lowest BCUT2D eigenvalue weighted by atomic mass is 10.1. The largest absolute Gasteiger partial charge is 0.387 e. The number of nitrogens with zero attached hydrogens (tertiary/aromatic N) is 4. The Bertz CT molecular complexity index is 1370. The van der Waals surface area contributed by atoms with E-state index in [-0.39, 0.29) is 11.9 Å². The Labute approximate surface area is 230 Å². The van der Waals surface area contributed by atoms with Crippen molar-refractivity contribution in [1.29, 1.82) is 0 Å². The summed E-state index contributed by atoms with van der Waals surface area (Å²) in [4.78, 5) is 14.8. The highest BCUT2D eigenvalue weighted by Crippen LogP contribution is 2.42. The molecule has 3 heterocycles. The number of benzene rings is 2. The molecule has 0 bridgehead atoms. The minimum Gasteiger partial charge on any atom is -0.387 e. The van der Waals surface area contributed by atoms with Gasteiger partial charge in [0.05, 0.1) is 22.0 Å². The van der Waals surface area contributed by atoms with Crippen molar-refractivity contribution in [2.75, 3.05) is 29.7 Å². The molecule has 0 radical (unpaired) electrons. The molecule has 10 heteroatoms. The maximum Gasteiger partial charge on any atom is 0.223 e.